The summed E-state index contributed by atoms with van der Waals surface area (Å²) in [6.07, 6.45) is 2.70. The Balaban J connectivity index is 2.38. The largest absolute Gasteiger partial charge is 0.493 e. The van der Waals surface area contributed by atoms with Crippen molar-refractivity contribution >= 4 is 12.0 Å². The highest BCUT2D eigenvalue weighted by Gasteiger charge is 2.12. The van der Waals surface area contributed by atoms with Crippen LogP contribution in [0, 0.1) is 0 Å². The molecule has 1 aromatic heterocycles. The van der Waals surface area contributed by atoms with Crippen molar-refractivity contribution in [2.45, 2.75) is 0 Å². The fourth-order valence-electron chi connectivity index (χ4n) is 1.51. The van der Waals surface area contributed by atoms with Crippen LogP contribution >= 0.6 is 0 Å². The molecule has 20 heavy (non-hydrogen) atoms. The minimum atomic E-state index is 0.241. The van der Waals surface area contributed by atoms with Crippen LogP contribution in [0.25, 0.3) is 0 Å². The molecule has 0 aliphatic carbocycles. The van der Waals surface area contributed by atoms with E-state index in [9.17, 15) is 0 Å². The van der Waals surface area contributed by atoms with E-state index >= 15 is 0 Å². The minimum Gasteiger partial charge on any atom is -0.493 e. The van der Waals surface area contributed by atoms with Gasteiger partial charge in [0.2, 0.25) is 5.88 Å². The maximum atomic E-state index is 5.78. The van der Waals surface area contributed by atoms with Crippen molar-refractivity contribution in [3.63, 3.8) is 0 Å². The van der Waals surface area contributed by atoms with Crippen LogP contribution in [0.1, 0.15) is 5.56 Å². The van der Waals surface area contributed by atoms with Crippen LogP contribution < -0.4 is 15.2 Å². The van der Waals surface area contributed by atoms with Gasteiger partial charge in [0, 0.05) is 0 Å². The molecule has 1 aromatic carbocycles. The van der Waals surface area contributed by atoms with Crippen LogP contribution in [-0.2, 0) is 4.84 Å². The van der Waals surface area contributed by atoms with Gasteiger partial charge in [0.25, 0.3) is 0 Å². The van der Waals surface area contributed by atoms with Gasteiger partial charge in [0.1, 0.15) is 24.8 Å². The van der Waals surface area contributed by atoms with E-state index in [0.717, 1.165) is 0 Å². The van der Waals surface area contributed by atoms with Gasteiger partial charge in [-0.1, -0.05) is 17.3 Å². The Morgan fingerprint density at radius 2 is 1.90 bits per heavy atom. The van der Waals surface area contributed by atoms with E-state index in [0.29, 0.717) is 17.1 Å². The number of methoxy groups -OCH3 is 1. The fraction of sp³-hybridized carbons (Fsp3) is 0.154. The smallest absolute Gasteiger partial charge is 0.233 e. The van der Waals surface area contributed by atoms with Crippen LogP contribution in [0.2, 0.25) is 0 Å². The number of ether oxygens (including phenoxy) is 2. The quantitative estimate of drug-likeness (QED) is 0.660. The molecule has 2 N–H and O–H groups in total. The maximum Gasteiger partial charge on any atom is 0.233 e. The monoisotopic (exact) mass is 274 g/mol. The Morgan fingerprint density at radius 3 is 2.60 bits per heavy atom. The molecule has 0 aliphatic heterocycles. The van der Waals surface area contributed by atoms with Crippen LogP contribution in [0.3, 0.4) is 0 Å². The summed E-state index contributed by atoms with van der Waals surface area (Å²) in [5, 5.41) is 3.65. The average molecular weight is 274 g/mol. The summed E-state index contributed by atoms with van der Waals surface area (Å²) in [5.41, 5.74) is 6.21. The lowest BCUT2D eigenvalue weighted by Gasteiger charge is -2.11. The summed E-state index contributed by atoms with van der Waals surface area (Å²) >= 11 is 0. The van der Waals surface area contributed by atoms with E-state index in [1.165, 1.54) is 19.7 Å². The molecule has 1 heterocycles. The molecule has 0 bridgehead atoms. The third kappa shape index (κ3) is 2.94. The first-order valence-corrected chi connectivity index (χ1v) is 5.74. The molecular formula is C13H14N4O3. The number of aromatic nitrogens is 2. The average Bonchev–Trinajstić information content (AvgIpc) is 2.47. The van der Waals surface area contributed by atoms with Crippen molar-refractivity contribution in [3.05, 3.63) is 36.2 Å². The first-order chi connectivity index (χ1) is 9.76. The molecule has 2 rings (SSSR count). The molecule has 7 nitrogen and oxygen atoms in total. The predicted molar refractivity (Wildman–Crippen MR) is 74.1 cm³/mol. The third-order valence-corrected chi connectivity index (χ3v) is 2.44. The van der Waals surface area contributed by atoms with Gasteiger partial charge < -0.3 is 20.0 Å². The number of hydrogen-bond acceptors (Lipinski definition) is 7. The van der Waals surface area contributed by atoms with Gasteiger partial charge in [-0.15, -0.1) is 0 Å². The van der Waals surface area contributed by atoms with Gasteiger partial charge in [-0.2, -0.15) is 0 Å². The summed E-state index contributed by atoms with van der Waals surface area (Å²) in [7, 11) is 2.99. The van der Waals surface area contributed by atoms with Crippen molar-refractivity contribution in [3.8, 4) is 17.4 Å². The summed E-state index contributed by atoms with van der Waals surface area (Å²) in [4.78, 5) is 12.6. The van der Waals surface area contributed by atoms with Crippen molar-refractivity contribution < 1.29 is 14.3 Å². The lowest BCUT2D eigenvalue weighted by Crippen LogP contribution is -2.03. The molecule has 0 fully saturated rings. The second kappa shape index (κ2) is 6.37. The van der Waals surface area contributed by atoms with E-state index in [4.69, 9.17) is 15.2 Å². The molecule has 7 heteroatoms. The van der Waals surface area contributed by atoms with Crippen LogP contribution in [0.15, 0.2) is 35.7 Å². The molecule has 0 radical (unpaired) electrons. The molecule has 104 valence electrons. The summed E-state index contributed by atoms with van der Waals surface area (Å²) < 4.78 is 10.9. The highest BCUT2D eigenvalue weighted by Crippen LogP contribution is 2.31. The zero-order valence-electron chi connectivity index (χ0n) is 11.1. The van der Waals surface area contributed by atoms with Gasteiger partial charge in [-0.05, 0) is 12.1 Å². The molecule has 0 aliphatic rings. The van der Waals surface area contributed by atoms with Crippen LogP contribution in [0.4, 0.5) is 5.82 Å². The van der Waals surface area contributed by atoms with Crippen LogP contribution in [0.5, 0.6) is 17.4 Å². The first-order valence-electron chi connectivity index (χ1n) is 5.74. The SMILES string of the molecule is CO/N=C/c1c(N)ncnc1Oc1ccccc1OC. The molecule has 0 spiro atoms. The number of oxime groups is 1. The highest BCUT2D eigenvalue weighted by atomic mass is 16.6. The van der Waals surface area contributed by atoms with Crippen molar-refractivity contribution in [1.82, 2.24) is 9.97 Å². The van der Waals surface area contributed by atoms with Gasteiger partial charge in [0.05, 0.1) is 13.3 Å². The zero-order chi connectivity index (χ0) is 14.4. The number of nitrogen functional groups attached to an aromatic ring is 1. The molecule has 0 unspecified atom stereocenters. The summed E-state index contributed by atoms with van der Waals surface area (Å²) in [5.74, 6) is 1.60. The standard InChI is InChI=1S/C13H14N4O3/c1-18-10-5-3-4-6-11(10)20-13-9(7-17-19-2)12(14)15-8-16-13/h3-8H,1-2H3,(H2,14,15,16)/b17-7+. The van der Waals surface area contributed by atoms with E-state index < -0.39 is 0 Å². The van der Waals surface area contributed by atoms with Crippen molar-refractivity contribution in [2.24, 2.45) is 5.16 Å². The van der Waals surface area contributed by atoms with Crippen LogP contribution in [-0.4, -0.2) is 30.4 Å². The van der Waals surface area contributed by atoms with E-state index in [1.54, 1.807) is 19.2 Å². The highest BCUT2D eigenvalue weighted by molar-refractivity contribution is 5.88. The normalized spacial score (nSPS) is 10.5. The Kier molecular flexibility index (Phi) is 4.33. The van der Waals surface area contributed by atoms with Crippen molar-refractivity contribution in [2.75, 3.05) is 20.0 Å². The van der Waals surface area contributed by atoms with E-state index in [1.807, 2.05) is 12.1 Å². The molecule has 0 saturated carbocycles. The predicted octanol–water partition coefficient (Wildman–Crippen LogP) is 1.84. The number of benzene rings is 1. The van der Waals surface area contributed by atoms with Gasteiger partial charge in [0.15, 0.2) is 11.5 Å². The maximum absolute atomic E-state index is 5.78. The van der Waals surface area contributed by atoms with Crippen molar-refractivity contribution in [1.29, 1.82) is 0 Å². The first kappa shape index (κ1) is 13.6. The third-order valence-electron chi connectivity index (χ3n) is 2.44. The number of rotatable bonds is 5. The Bertz CT molecular complexity index is 616. The topological polar surface area (TPSA) is 91.9 Å². The number of nitrogens with zero attached hydrogens (tertiary/aromatic N) is 3. The van der Waals surface area contributed by atoms with E-state index in [-0.39, 0.29) is 11.7 Å². The van der Waals surface area contributed by atoms with Gasteiger partial charge in [-0.3, -0.25) is 0 Å². The second-order valence-corrected chi connectivity index (χ2v) is 3.65. The lowest BCUT2D eigenvalue weighted by atomic mass is 10.3. The number of hydrogen-bond donors (Lipinski definition) is 1. The Labute approximate surface area is 116 Å². The lowest BCUT2D eigenvalue weighted by molar-refractivity contribution is 0.215. The van der Waals surface area contributed by atoms with Gasteiger partial charge in [-0.25, -0.2) is 9.97 Å². The number of anilines is 1. The number of para-hydroxylation sites is 2. The molecule has 0 amide bonds. The van der Waals surface area contributed by atoms with Gasteiger partial charge >= 0.3 is 0 Å². The summed E-state index contributed by atoms with van der Waals surface area (Å²) in [6.45, 7) is 0. The summed E-state index contributed by atoms with van der Waals surface area (Å²) in [6, 6.07) is 7.20. The fourth-order valence-corrected chi connectivity index (χ4v) is 1.51. The molecule has 0 saturated heterocycles. The zero-order valence-corrected chi connectivity index (χ0v) is 11.1. The van der Waals surface area contributed by atoms with E-state index in [2.05, 4.69) is 20.0 Å². The Hall–Kier alpha value is -2.83. The number of nitrogens with two attached hydrogens (primary N) is 1. The molecule has 2 aromatic rings. The molecule has 0 atom stereocenters. The minimum absolute atomic E-state index is 0.241. The Morgan fingerprint density at radius 1 is 1.15 bits per heavy atom. The second-order valence-electron chi connectivity index (χ2n) is 3.65. The molecular weight excluding hydrogens is 260 g/mol.